The third-order valence-corrected chi connectivity index (χ3v) is 5.11. The van der Waals surface area contributed by atoms with E-state index in [0.717, 1.165) is 5.56 Å². The molecule has 1 fully saturated rings. The smallest absolute Gasteiger partial charge is 0.264 e. The first-order valence-electron chi connectivity index (χ1n) is 7.75. The molecule has 136 valence electrons. The SMILES string of the molecule is O=C1NC(=NN=Cc2ccc3c(c2)OCO3)S/C1=C/c1ccc(Cl)cc1Cl. The summed E-state index contributed by atoms with van der Waals surface area (Å²) in [5, 5.41) is 12.1. The van der Waals surface area contributed by atoms with Crippen molar-refractivity contribution in [2.45, 2.75) is 0 Å². The Morgan fingerprint density at radius 3 is 2.81 bits per heavy atom. The summed E-state index contributed by atoms with van der Waals surface area (Å²) in [6.45, 7) is 0.216. The molecular weight excluding hydrogens is 409 g/mol. The average Bonchev–Trinajstić information content (AvgIpc) is 3.23. The molecule has 2 heterocycles. The fourth-order valence-corrected chi connectivity index (χ4v) is 3.61. The molecule has 2 aliphatic heterocycles. The first kappa shape index (κ1) is 17.9. The molecule has 0 spiro atoms. The molecule has 1 amide bonds. The topological polar surface area (TPSA) is 72.3 Å². The van der Waals surface area contributed by atoms with E-state index < -0.39 is 0 Å². The highest BCUT2D eigenvalue weighted by Gasteiger charge is 2.24. The third-order valence-electron chi connectivity index (χ3n) is 3.65. The number of rotatable bonds is 3. The normalized spacial score (nSPS) is 18.7. The zero-order valence-corrected chi connectivity index (χ0v) is 15.9. The molecule has 2 aliphatic rings. The first-order chi connectivity index (χ1) is 13.1. The lowest BCUT2D eigenvalue weighted by Crippen LogP contribution is -2.19. The maximum absolute atomic E-state index is 12.1. The Labute approximate surface area is 168 Å². The number of nitrogens with one attached hydrogen (secondary N) is 1. The van der Waals surface area contributed by atoms with Gasteiger partial charge in [-0.05, 0) is 59.3 Å². The van der Waals surface area contributed by atoms with Crippen molar-refractivity contribution >= 4 is 58.3 Å². The molecule has 0 aliphatic carbocycles. The predicted molar refractivity (Wildman–Crippen MR) is 108 cm³/mol. The maximum Gasteiger partial charge on any atom is 0.264 e. The fraction of sp³-hybridized carbons (Fsp3) is 0.0556. The predicted octanol–water partition coefficient (Wildman–Crippen LogP) is 4.32. The van der Waals surface area contributed by atoms with Crippen LogP contribution in [0.4, 0.5) is 0 Å². The van der Waals surface area contributed by atoms with Crippen molar-refractivity contribution in [1.29, 1.82) is 0 Å². The molecule has 4 rings (SSSR count). The van der Waals surface area contributed by atoms with E-state index in [1.54, 1.807) is 42.6 Å². The number of carbonyl (C=O) groups is 1. The Balaban J connectivity index is 1.47. The number of carbonyl (C=O) groups excluding carboxylic acids is 1. The van der Waals surface area contributed by atoms with Crippen LogP contribution in [0.15, 0.2) is 51.5 Å². The van der Waals surface area contributed by atoms with Crippen LogP contribution in [-0.4, -0.2) is 24.1 Å². The van der Waals surface area contributed by atoms with Gasteiger partial charge in [0.25, 0.3) is 5.91 Å². The van der Waals surface area contributed by atoms with Crippen LogP contribution in [0.3, 0.4) is 0 Å². The monoisotopic (exact) mass is 419 g/mol. The molecule has 0 saturated carbocycles. The second kappa shape index (κ2) is 7.64. The molecule has 0 aromatic heterocycles. The van der Waals surface area contributed by atoms with Crippen LogP contribution in [0.1, 0.15) is 11.1 Å². The molecular formula is C18H11Cl2N3O3S. The summed E-state index contributed by atoms with van der Waals surface area (Å²) < 4.78 is 10.6. The van der Waals surface area contributed by atoms with Crippen LogP contribution >= 0.6 is 35.0 Å². The Bertz CT molecular complexity index is 1020. The van der Waals surface area contributed by atoms with E-state index >= 15 is 0 Å². The summed E-state index contributed by atoms with van der Waals surface area (Å²) >= 11 is 13.2. The standard InChI is InChI=1S/C18H11Cl2N3O3S/c19-12-3-2-11(13(20)7-12)6-16-17(24)22-18(27-16)23-21-8-10-1-4-14-15(5-10)26-9-25-14/h1-8H,9H2,(H,22,23,24)/b16-6+,21-8?. The summed E-state index contributed by atoms with van der Waals surface area (Å²) in [5.41, 5.74) is 1.51. The molecule has 0 bridgehead atoms. The van der Waals surface area contributed by atoms with Crippen molar-refractivity contribution in [1.82, 2.24) is 5.32 Å². The van der Waals surface area contributed by atoms with Crippen molar-refractivity contribution in [3.63, 3.8) is 0 Å². The minimum atomic E-state index is -0.261. The minimum Gasteiger partial charge on any atom is -0.454 e. The fourth-order valence-electron chi connectivity index (χ4n) is 2.38. The second-order valence-electron chi connectivity index (χ2n) is 5.49. The molecule has 0 radical (unpaired) electrons. The Morgan fingerprint density at radius 1 is 1.11 bits per heavy atom. The average molecular weight is 420 g/mol. The number of amides is 1. The van der Waals surface area contributed by atoms with Crippen LogP contribution in [0.25, 0.3) is 6.08 Å². The van der Waals surface area contributed by atoms with E-state index in [-0.39, 0.29) is 12.7 Å². The van der Waals surface area contributed by atoms with Gasteiger partial charge in [0.05, 0.1) is 11.1 Å². The Hall–Kier alpha value is -2.48. The van der Waals surface area contributed by atoms with Gasteiger partial charge in [-0.15, -0.1) is 5.10 Å². The molecule has 0 atom stereocenters. The molecule has 0 unspecified atom stereocenters. The number of halogens is 2. The largest absolute Gasteiger partial charge is 0.454 e. The quantitative estimate of drug-likeness (QED) is 0.456. The number of benzene rings is 2. The van der Waals surface area contributed by atoms with Crippen LogP contribution in [0.2, 0.25) is 10.0 Å². The summed E-state index contributed by atoms with van der Waals surface area (Å²) in [5.74, 6) is 1.11. The van der Waals surface area contributed by atoms with Crippen LogP contribution in [-0.2, 0) is 4.79 Å². The molecule has 6 nitrogen and oxygen atoms in total. The first-order valence-corrected chi connectivity index (χ1v) is 9.32. The summed E-state index contributed by atoms with van der Waals surface area (Å²) in [4.78, 5) is 12.6. The lowest BCUT2D eigenvalue weighted by atomic mass is 10.2. The van der Waals surface area contributed by atoms with Gasteiger partial charge in [-0.25, -0.2) is 0 Å². The van der Waals surface area contributed by atoms with Crippen molar-refractivity contribution < 1.29 is 14.3 Å². The van der Waals surface area contributed by atoms with Crippen molar-refractivity contribution in [3.05, 3.63) is 62.5 Å². The number of ether oxygens (including phenoxy) is 2. The Morgan fingerprint density at radius 2 is 1.96 bits per heavy atom. The Kier molecular flexibility index (Phi) is 5.07. The highest BCUT2D eigenvalue weighted by molar-refractivity contribution is 8.18. The van der Waals surface area contributed by atoms with Crippen LogP contribution in [0, 0.1) is 0 Å². The molecule has 1 saturated heterocycles. The van der Waals surface area contributed by atoms with Gasteiger partial charge in [0, 0.05) is 10.0 Å². The van der Waals surface area contributed by atoms with Gasteiger partial charge in [-0.1, -0.05) is 29.3 Å². The molecule has 2 aromatic carbocycles. The number of fused-ring (bicyclic) bond motifs is 1. The number of thioether (sulfide) groups is 1. The van der Waals surface area contributed by atoms with E-state index in [1.807, 2.05) is 6.07 Å². The van der Waals surface area contributed by atoms with Gasteiger partial charge < -0.3 is 9.47 Å². The number of amidine groups is 1. The van der Waals surface area contributed by atoms with E-state index in [4.69, 9.17) is 32.7 Å². The minimum absolute atomic E-state index is 0.216. The summed E-state index contributed by atoms with van der Waals surface area (Å²) in [7, 11) is 0. The highest BCUT2D eigenvalue weighted by Crippen LogP contribution is 2.32. The lowest BCUT2D eigenvalue weighted by Gasteiger charge is -1.99. The third kappa shape index (κ3) is 4.10. The van der Waals surface area contributed by atoms with E-state index in [9.17, 15) is 4.79 Å². The molecule has 27 heavy (non-hydrogen) atoms. The number of hydrogen-bond acceptors (Lipinski definition) is 6. The summed E-state index contributed by atoms with van der Waals surface area (Å²) in [6.07, 6.45) is 3.25. The van der Waals surface area contributed by atoms with E-state index in [2.05, 4.69) is 15.5 Å². The van der Waals surface area contributed by atoms with E-state index in [0.29, 0.717) is 37.2 Å². The second-order valence-corrected chi connectivity index (χ2v) is 7.37. The highest BCUT2D eigenvalue weighted by atomic mass is 35.5. The van der Waals surface area contributed by atoms with Crippen molar-refractivity contribution in [3.8, 4) is 11.5 Å². The zero-order chi connectivity index (χ0) is 18.8. The molecule has 2 aromatic rings. The number of hydrogen-bond donors (Lipinski definition) is 1. The maximum atomic E-state index is 12.1. The zero-order valence-electron chi connectivity index (χ0n) is 13.6. The molecule has 1 N–H and O–H groups in total. The van der Waals surface area contributed by atoms with E-state index in [1.165, 1.54) is 11.8 Å². The van der Waals surface area contributed by atoms with Gasteiger partial charge in [-0.3, -0.25) is 10.1 Å². The molecule has 9 heteroatoms. The van der Waals surface area contributed by atoms with Crippen LogP contribution < -0.4 is 14.8 Å². The van der Waals surface area contributed by atoms with Gasteiger partial charge in [0.2, 0.25) is 6.79 Å². The van der Waals surface area contributed by atoms with Crippen molar-refractivity contribution in [2.24, 2.45) is 10.2 Å². The van der Waals surface area contributed by atoms with Gasteiger partial charge in [-0.2, -0.15) is 5.10 Å². The lowest BCUT2D eigenvalue weighted by molar-refractivity contribution is -0.115. The van der Waals surface area contributed by atoms with Gasteiger partial charge >= 0.3 is 0 Å². The summed E-state index contributed by atoms with van der Waals surface area (Å²) in [6, 6.07) is 10.5. The van der Waals surface area contributed by atoms with Crippen LogP contribution in [0.5, 0.6) is 11.5 Å². The van der Waals surface area contributed by atoms with Gasteiger partial charge in [0.15, 0.2) is 16.7 Å². The van der Waals surface area contributed by atoms with Gasteiger partial charge in [0.1, 0.15) is 0 Å². The van der Waals surface area contributed by atoms with Crippen molar-refractivity contribution in [2.75, 3.05) is 6.79 Å². The number of nitrogens with zero attached hydrogens (tertiary/aromatic N) is 2.